The maximum atomic E-state index is 11.7. The number of hydrogen-bond donors (Lipinski definition) is 1. The fourth-order valence-corrected chi connectivity index (χ4v) is 6.41. The minimum Gasteiger partial charge on any atom is -1.00 e. The molecule has 3 rings (SSSR count). The molecule has 19 heavy (non-hydrogen) atoms. The van der Waals surface area contributed by atoms with Gasteiger partial charge in [-0.05, 0) is 17.3 Å². The van der Waals surface area contributed by atoms with E-state index in [1.807, 2.05) is 34.9 Å². The second-order valence-electron chi connectivity index (χ2n) is 4.75. The molecule has 2 aliphatic rings. The lowest BCUT2D eigenvalue weighted by Gasteiger charge is -2.10. The van der Waals surface area contributed by atoms with E-state index in [0.29, 0.717) is 6.54 Å². The number of fused-ring (bicyclic) bond motifs is 1. The van der Waals surface area contributed by atoms with Gasteiger partial charge in [-0.1, -0.05) is 30.3 Å². The van der Waals surface area contributed by atoms with Crippen molar-refractivity contribution < 1.29 is 30.0 Å². The molecule has 0 radical (unpaired) electrons. The van der Waals surface area contributed by atoms with Crippen molar-refractivity contribution in [1.29, 1.82) is 0 Å². The van der Waals surface area contributed by atoms with Gasteiger partial charge in [0.1, 0.15) is 12.6 Å². The number of rotatable bonds is 2. The predicted octanol–water partition coefficient (Wildman–Crippen LogP) is -2.57. The van der Waals surface area contributed by atoms with Crippen molar-refractivity contribution in [3.8, 4) is 0 Å². The van der Waals surface area contributed by atoms with Crippen molar-refractivity contribution >= 4 is 26.8 Å². The Morgan fingerprint density at radius 1 is 1.26 bits per heavy atom. The third kappa shape index (κ3) is 2.98. The summed E-state index contributed by atoms with van der Waals surface area (Å²) in [5.41, 5.74) is 7.17. The van der Waals surface area contributed by atoms with Crippen molar-refractivity contribution in [2.24, 2.45) is 5.73 Å². The molecule has 0 amide bonds. The van der Waals surface area contributed by atoms with Gasteiger partial charge >= 0.3 is 5.17 Å². The fraction of sp³-hybridized carbons (Fsp3) is 0.417. The number of sulfone groups is 1. The highest BCUT2D eigenvalue weighted by Gasteiger charge is 2.48. The molecule has 2 aliphatic heterocycles. The molecule has 2 N–H and O–H groups in total. The van der Waals surface area contributed by atoms with Crippen LogP contribution in [0.4, 0.5) is 0 Å². The molecule has 4 nitrogen and oxygen atoms in total. The number of nitrogens with zero attached hydrogens (tertiary/aromatic N) is 1. The molecule has 0 aliphatic carbocycles. The Bertz CT molecular complexity index is 601. The lowest BCUT2D eigenvalue weighted by molar-refractivity contribution is -0.569. The molecule has 0 saturated carbocycles. The topological polar surface area (TPSA) is 63.2 Å². The molecule has 1 fully saturated rings. The van der Waals surface area contributed by atoms with E-state index in [-0.39, 0.29) is 39.8 Å². The van der Waals surface area contributed by atoms with E-state index in [0.717, 1.165) is 10.7 Å². The summed E-state index contributed by atoms with van der Waals surface area (Å²) in [6, 6.07) is 10.1. The summed E-state index contributed by atoms with van der Waals surface area (Å²) in [5.74, 6) is 0.493. The third-order valence-electron chi connectivity index (χ3n) is 3.42. The summed E-state index contributed by atoms with van der Waals surface area (Å²) in [5, 5.41) is 0.863. The highest BCUT2D eigenvalue weighted by atomic mass is 79.9. The molecule has 1 aromatic rings. The van der Waals surface area contributed by atoms with E-state index < -0.39 is 9.84 Å². The van der Waals surface area contributed by atoms with Gasteiger partial charge in [-0.15, -0.1) is 0 Å². The zero-order chi connectivity index (χ0) is 12.8. The summed E-state index contributed by atoms with van der Waals surface area (Å²) in [4.78, 5) is 0. The van der Waals surface area contributed by atoms with Gasteiger partial charge in [0.15, 0.2) is 9.84 Å². The van der Waals surface area contributed by atoms with Crippen LogP contribution in [0.1, 0.15) is 5.56 Å². The quantitative estimate of drug-likeness (QED) is 0.587. The Morgan fingerprint density at radius 3 is 2.63 bits per heavy atom. The standard InChI is InChI=1S/C12H14N2O2S2.BrH/c13-12-14(6-9-4-2-1-3-5-9)10-7-18(15,16)8-11(10)17-12;/h1-5,10-11,13H,6-8H2;1H/t10-,11+;/m0./s1. The molecule has 1 aromatic carbocycles. The van der Waals surface area contributed by atoms with Crippen molar-refractivity contribution in [2.45, 2.75) is 17.8 Å². The van der Waals surface area contributed by atoms with Crippen LogP contribution in [0, 0.1) is 0 Å². The van der Waals surface area contributed by atoms with Gasteiger partial charge in [0.25, 0.3) is 0 Å². The molecule has 2 atom stereocenters. The first-order valence-corrected chi connectivity index (χ1v) is 8.55. The monoisotopic (exact) mass is 362 g/mol. The molecule has 0 unspecified atom stereocenters. The molecule has 104 valence electrons. The molecule has 7 heteroatoms. The van der Waals surface area contributed by atoms with Gasteiger partial charge < -0.3 is 17.0 Å². The summed E-state index contributed by atoms with van der Waals surface area (Å²) in [7, 11) is -2.89. The summed E-state index contributed by atoms with van der Waals surface area (Å²) >= 11 is 1.51. The maximum absolute atomic E-state index is 11.7. The molecular formula is C12H15BrN2O2S2. The van der Waals surface area contributed by atoms with Crippen molar-refractivity contribution in [2.75, 3.05) is 11.5 Å². The zero-order valence-corrected chi connectivity index (χ0v) is 13.4. The fourth-order valence-electron chi connectivity index (χ4n) is 2.56. The van der Waals surface area contributed by atoms with Crippen LogP contribution in [0.5, 0.6) is 0 Å². The van der Waals surface area contributed by atoms with E-state index >= 15 is 0 Å². The van der Waals surface area contributed by atoms with Gasteiger partial charge in [0.05, 0.1) is 16.8 Å². The Labute approximate surface area is 127 Å². The number of nitrogens with two attached hydrogens (primary N) is 1. The van der Waals surface area contributed by atoms with Gasteiger partial charge in [-0.25, -0.2) is 13.0 Å². The van der Waals surface area contributed by atoms with E-state index in [9.17, 15) is 8.42 Å². The van der Waals surface area contributed by atoms with Gasteiger partial charge in [-0.3, -0.25) is 5.73 Å². The maximum Gasteiger partial charge on any atom is 0.305 e. The van der Waals surface area contributed by atoms with Crippen molar-refractivity contribution in [3.05, 3.63) is 35.9 Å². The van der Waals surface area contributed by atoms with Gasteiger partial charge in [-0.2, -0.15) is 0 Å². The van der Waals surface area contributed by atoms with Crippen LogP contribution in [0.3, 0.4) is 0 Å². The van der Waals surface area contributed by atoms with Crippen LogP contribution >= 0.6 is 11.8 Å². The van der Waals surface area contributed by atoms with E-state index in [1.54, 1.807) is 0 Å². The molecule has 0 aromatic heterocycles. The number of benzene rings is 1. The molecular weight excluding hydrogens is 348 g/mol. The molecule has 1 saturated heterocycles. The largest absolute Gasteiger partial charge is 1.00 e. The molecule has 0 bridgehead atoms. The molecule has 2 heterocycles. The van der Waals surface area contributed by atoms with Crippen LogP contribution in [-0.2, 0) is 16.4 Å². The van der Waals surface area contributed by atoms with Crippen molar-refractivity contribution in [1.82, 2.24) is 0 Å². The Morgan fingerprint density at radius 2 is 1.95 bits per heavy atom. The lowest BCUT2D eigenvalue weighted by Crippen LogP contribution is -3.00. The second kappa shape index (κ2) is 5.46. The van der Waals surface area contributed by atoms with Crippen molar-refractivity contribution in [3.63, 3.8) is 0 Å². The summed E-state index contributed by atoms with van der Waals surface area (Å²) in [6.07, 6.45) is 0. The van der Waals surface area contributed by atoms with Crippen LogP contribution in [0.25, 0.3) is 0 Å². The van der Waals surface area contributed by atoms with E-state index in [2.05, 4.69) is 0 Å². The number of thioether (sulfide) groups is 1. The van der Waals surface area contributed by atoms with E-state index in [1.165, 1.54) is 11.8 Å². The van der Waals surface area contributed by atoms with Crippen LogP contribution < -0.4 is 22.7 Å². The first kappa shape index (κ1) is 14.9. The lowest BCUT2D eigenvalue weighted by atomic mass is 10.2. The smallest absolute Gasteiger partial charge is 0.305 e. The van der Waals surface area contributed by atoms with E-state index in [4.69, 9.17) is 5.73 Å². The van der Waals surface area contributed by atoms with Crippen LogP contribution in [0.2, 0.25) is 0 Å². The second-order valence-corrected chi connectivity index (χ2v) is 8.17. The Hall–Kier alpha value is -0.530. The number of halogens is 1. The summed E-state index contributed by atoms with van der Waals surface area (Å²) in [6.45, 7) is 0.691. The highest BCUT2D eigenvalue weighted by Crippen LogP contribution is 2.33. The third-order valence-corrected chi connectivity index (χ3v) is 6.61. The van der Waals surface area contributed by atoms with Crippen LogP contribution in [-0.4, -0.2) is 41.0 Å². The minimum absolute atomic E-state index is 0. The van der Waals surface area contributed by atoms with Crippen LogP contribution in [0.15, 0.2) is 30.3 Å². The number of amidine groups is 1. The summed E-state index contributed by atoms with van der Waals surface area (Å²) < 4.78 is 25.4. The first-order chi connectivity index (χ1) is 8.55. The number of hydrogen-bond acceptors (Lipinski definition) is 4. The van der Waals surface area contributed by atoms with Gasteiger partial charge in [0.2, 0.25) is 0 Å². The average Bonchev–Trinajstić information content (AvgIpc) is 2.74. The predicted molar refractivity (Wildman–Crippen MR) is 73.4 cm³/mol. The minimum atomic E-state index is -2.89. The molecule has 0 spiro atoms. The highest BCUT2D eigenvalue weighted by molar-refractivity contribution is 8.15. The first-order valence-electron chi connectivity index (χ1n) is 5.85. The Balaban J connectivity index is 0.00000133. The van der Waals surface area contributed by atoms with Gasteiger partial charge in [0, 0.05) is 0 Å². The normalized spacial score (nSPS) is 28.0. The SMILES string of the molecule is NC1=[N+](Cc2ccccc2)[C@H]2CS(=O)(=O)C[C@H]2S1.[Br-]. The Kier molecular flexibility index (Phi) is 4.27. The average molecular weight is 363 g/mol. The zero-order valence-electron chi connectivity index (χ0n) is 10.2.